The minimum Gasteiger partial charge on any atom is -0.252 e. The molecular formula is C15H14BrFN6. The van der Waals surface area contributed by atoms with Crippen LogP contribution in [-0.2, 0) is 0 Å². The fourth-order valence-corrected chi connectivity index (χ4v) is 1.63. The Morgan fingerprint density at radius 2 is 2.26 bits per heavy atom. The van der Waals surface area contributed by atoms with Gasteiger partial charge < -0.3 is 0 Å². The van der Waals surface area contributed by atoms with Gasteiger partial charge >= 0.3 is 0 Å². The maximum absolute atomic E-state index is 12.5. The van der Waals surface area contributed by atoms with Gasteiger partial charge in [0.05, 0.1) is 11.8 Å². The molecule has 0 bridgehead atoms. The van der Waals surface area contributed by atoms with Crippen molar-refractivity contribution in [2.75, 3.05) is 6.67 Å². The van der Waals surface area contributed by atoms with E-state index in [0.29, 0.717) is 17.2 Å². The number of hydrogen-bond donors (Lipinski definition) is 0. The standard InChI is InChI=1S/C13H11BrFN5.C2H3N/c1-2-3-4-11(7-8-15)20-18-13(17-19-20)12-6-5-10(14)9-16-12;1-2-3/h2-7,9H,1,8H2;1H3/b4-3-,11-7+;. The van der Waals surface area contributed by atoms with Gasteiger partial charge in [0.25, 0.3) is 0 Å². The first-order chi connectivity index (χ1) is 11.2. The molecule has 0 saturated carbocycles. The summed E-state index contributed by atoms with van der Waals surface area (Å²) in [6, 6.07) is 5.35. The average Bonchev–Trinajstić information content (AvgIpc) is 3.03. The summed E-state index contributed by atoms with van der Waals surface area (Å²) in [6.07, 6.45) is 7.89. The third-order valence-corrected chi connectivity index (χ3v) is 2.76. The molecule has 8 heteroatoms. The molecule has 0 N–H and O–H groups in total. The van der Waals surface area contributed by atoms with Gasteiger partial charge in [0.15, 0.2) is 0 Å². The number of hydrogen-bond acceptors (Lipinski definition) is 5. The Balaban J connectivity index is 0.000000816. The van der Waals surface area contributed by atoms with Crippen LogP contribution >= 0.6 is 15.9 Å². The highest BCUT2D eigenvalue weighted by atomic mass is 79.9. The maximum Gasteiger partial charge on any atom is 0.223 e. The quantitative estimate of drug-likeness (QED) is 0.744. The fourth-order valence-electron chi connectivity index (χ4n) is 1.40. The molecule has 0 radical (unpaired) electrons. The number of allylic oxidation sites excluding steroid dienone is 5. The molecule has 6 nitrogen and oxygen atoms in total. The monoisotopic (exact) mass is 376 g/mol. The Kier molecular flexibility index (Phi) is 8.10. The first kappa shape index (κ1) is 18.4. The molecule has 0 spiro atoms. The molecule has 0 aliphatic rings. The summed E-state index contributed by atoms with van der Waals surface area (Å²) in [6.45, 7) is 4.37. The van der Waals surface area contributed by atoms with E-state index >= 15 is 0 Å². The van der Waals surface area contributed by atoms with Crippen LogP contribution in [0.25, 0.3) is 17.2 Å². The summed E-state index contributed by atoms with van der Waals surface area (Å²) >= 11 is 3.30. The van der Waals surface area contributed by atoms with E-state index in [0.717, 1.165) is 4.47 Å². The number of nitrogens with zero attached hydrogens (tertiary/aromatic N) is 6. The number of halogens is 2. The number of rotatable bonds is 5. The Morgan fingerprint density at radius 1 is 1.52 bits per heavy atom. The highest BCUT2D eigenvalue weighted by Gasteiger charge is 2.08. The van der Waals surface area contributed by atoms with Gasteiger partial charge in [0, 0.05) is 17.6 Å². The molecule has 2 rings (SSSR count). The zero-order chi connectivity index (χ0) is 17.1. The summed E-state index contributed by atoms with van der Waals surface area (Å²) in [5, 5.41) is 19.3. The largest absolute Gasteiger partial charge is 0.252 e. The van der Waals surface area contributed by atoms with Crippen LogP contribution in [0, 0.1) is 11.3 Å². The molecule has 0 fully saturated rings. The van der Waals surface area contributed by atoms with Gasteiger partial charge in [0.2, 0.25) is 5.82 Å². The third kappa shape index (κ3) is 5.92. The van der Waals surface area contributed by atoms with Crippen LogP contribution in [0.2, 0.25) is 0 Å². The van der Waals surface area contributed by atoms with E-state index in [1.807, 2.05) is 6.07 Å². The van der Waals surface area contributed by atoms with E-state index in [1.165, 1.54) is 17.8 Å². The summed E-state index contributed by atoms with van der Waals surface area (Å²) in [4.78, 5) is 5.43. The van der Waals surface area contributed by atoms with Gasteiger partial charge in [-0.05, 0) is 45.4 Å². The Bertz CT molecular complexity index is 727. The van der Waals surface area contributed by atoms with Crippen molar-refractivity contribution < 1.29 is 4.39 Å². The van der Waals surface area contributed by atoms with Crippen LogP contribution in [0.4, 0.5) is 4.39 Å². The van der Waals surface area contributed by atoms with Crippen molar-refractivity contribution in [3.63, 3.8) is 0 Å². The van der Waals surface area contributed by atoms with Gasteiger partial charge in [0.1, 0.15) is 12.4 Å². The lowest BCUT2D eigenvalue weighted by Crippen LogP contribution is -2.00. The number of alkyl halides is 1. The smallest absolute Gasteiger partial charge is 0.223 e. The molecule has 0 aliphatic carbocycles. The van der Waals surface area contributed by atoms with Gasteiger partial charge in [-0.25, -0.2) is 4.39 Å². The maximum atomic E-state index is 12.5. The minimum atomic E-state index is -0.621. The molecule has 2 aromatic rings. The molecule has 2 heterocycles. The summed E-state index contributed by atoms with van der Waals surface area (Å²) in [5.74, 6) is 0.370. The van der Waals surface area contributed by atoms with Crippen molar-refractivity contribution in [2.45, 2.75) is 6.92 Å². The third-order valence-electron chi connectivity index (χ3n) is 2.29. The van der Waals surface area contributed by atoms with Gasteiger partial charge in [-0.2, -0.15) is 5.26 Å². The minimum absolute atomic E-state index is 0.370. The Labute approximate surface area is 141 Å². The lowest BCUT2D eigenvalue weighted by Gasteiger charge is -1.97. The highest BCUT2D eigenvalue weighted by Crippen LogP contribution is 2.15. The lowest BCUT2D eigenvalue weighted by atomic mass is 10.3. The van der Waals surface area contributed by atoms with Crippen LogP contribution in [0.1, 0.15) is 6.92 Å². The van der Waals surface area contributed by atoms with Gasteiger partial charge in [-0.3, -0.25) is 4.98 Å². The topological polar surface area (TPSA) is 80.3 Å². The van der Waals surface area contributed by atoms with Crippen molar-refractivity contribution in [3.8, 4) is 17.6 Å². The van der Waals surface area contributed by atoms with E-state index in [1.54, 1.807) is 36.6 Å². The second-order valence-corrected chi connectivity index (χ2v) is 4.78. The number of nitriles is 1. The van der Waals surface area contributed by atoms with Crippen molar-refractivity contribution >= 4 is 21.6 Å². The Morgan fingerprint density at radius 3 is 2.83 bits per heavy atom. The van der Waals surface area contributed by atoms with E-state index in [4.69, 9.17) is 5.26 Å². The summed E-state index contributed by atoms with van der Waals surface area (Å²) in [5.41, 5.74) is 1.06. The highest BCUT2D eigenvalue weighted by molar-refractivity contribution is 9.10. The van der Waals surface area contributed by atoms with Crippen LogP contribution in [-0.4, -0.2) is 31.9 Å². The van der Waals surface area contributed by atoms with Crippen LogP contribution in [0.5, 0.6) is 0 Å². The molecule has 0 amide bonds. The van der Waals surface area contributed by atoms with E-state index in [-0.39, 0.29) is 0 Å². The second-order valence-electron chi connectivity index (χ2n) is 3.87. The van der Waals surface area contributed by atoms with Crippen molar-refractivity contribution in [3.05, 3.63) is 53.7 Å². The van der Waals surface area contributed by atoms with Crippen LogP contribution in [0.15, 0.2) is 53.7 Å². The summed E-state index contributed by atoms with van der Waals surface area (Å²) in [7, 11) is 0. The zero-order valence-electron chi connectivity index (χ0n) is 12.4. The number of tetrazole rings is 1. The van der Waals surface area contributed by atoms with E-state index < -0.39 is 6.67 Å². The molecule has 2 aromatic heterocycles. The molecule has 0 aliphatic heterocycles. The normalized spacial score (nSPS) is 10.8. The fraction of sp³-hybridized carbons (Fsp3) is 0.133. The average molecular weight is 377 g/mol. The molecular weight excluding hydrogens is 363 g/mol. The molecule has 0 unspecified atom stereocenters. The molecule has 118 valence electrons. The van der Waals surface area contributed by atoms with Gasteiger partial charge in [-0.1, -0.05) is 18.7 Å². The number of aromatic nitrogens is 5. The second kappa shape index (κ2) is 10.1. The SMILES string of the molecule is C=C/C=C\C(=C/CF)n1nnc(-c2ccc(Br)cn2)n1.CC#N. The molecule has 0 aromatic carbocycles. The zero-order valence-corrected chi connectivity index (χ0v) is 14.0. The van der Waals surface area contributed by atoms with E-state index in [9.17, 15) is 4.39 Å². The summed E-state index contributed by atoms with van der Waals surface area (Å²) < 4.78 is 13.3. The van der Waals surface area contributed by atoms with Crippen molar-refractivity contribution in [2.24, 2.45) is 0 Å². The predicted molar refractivity (Wildman–Crippen MR) is 89.6 cm³/mol. The van der Waals surface area contributed by atoms with E-state index in [2.05, 4.69) is 42.9 Å². The number of pyridine rings is 1. The van der Waals surface area contributed by atoms with Crippen LogP contribution in [0.3, 0.4) is 0 Å². The van der Waals surface area contributed by atoms with Gasteiger partial charge in [-0.15, -0.1) is 15.0 Å². The van der Waals surface area contributed by atoms with Crippen LogP contribution < -0.4 is 0 Å². The first-order valence-corrected chi connectivity index (χ1v) is 7.24. The molecule has 0 saturated heterocycles. The molecule has 0 atom stereocenters. The molecule has 23 heavy (non-hydrogen) atoms. The Hall–Kier alpha value is -2.66. The lowest BCUT2D eigenvalue weighted by molar-refractivity contribution is 0.560. The first-order valence-electron chi connectivity index (χ1n) is 6.44. The van der Waals surface area contributed by atoms with Crippen molar-refractivity contribution in [1.29, 1.82) is 5.26 Å². The van der Waals surface area contributed by atoms with Crippen molar-refractivity contribution in [1.82, 2.24) is 25.2 Å². The predicted octanol–water partition coefficient (Wildman–Crippen LogP) is 3.58.